The Morgan fingerprint density at radius 2 is 1.78 bits per heavy atom. The van der Waals surface area contributed by atoms with Crippen LogP contribution in [-0.2, 0) is 24.0 Å². The fourth-order valence-corrected chi connectivity index (χ4v) is 7.03. The quantitative estimate of drug-likeness (QED) is 0.123. The monoisotopic (exact) mass is 628 g/mol. The van der Waals surface area contributed by atoms with Crippen LogP contribution in [0.4, 0.5) is 5.69 Å². The van der Waals surface area contributed by atoms with Crippen molar-refractivity contribution in [1.82, 2.24) is 10.2 Å². The molecular formula is C30H36N4O11. The molecule has 0 saturated heterocycles. The van der Waals surface area contributed by atoms with Gasteiger partial charge in [0.1, 0.15) is 22.8 Å². The van der Waals surface area contributed by atoms with E-state index >= 15 is 0 Å². The van der Waals surface area contributed by atoms with E-state index in [9.17, 15) is 49.5 Å². The number of carboxylic acid groups (broad SMARTS) is 1. The molecule has 1 aromatic rings. The van der Waals surface area contributed by atoms with Gasteiger partial charge in [-0.1, -0.05) is 13.0 Å². The average molecular weight is 629 g/mol. The van der Waals surface area contributed by atoms with Crippen molar-refractivity contribution in [3.8, 4) is 5.75 Å². The van der Waals surface area contributed by atoms with E-state index in [1.165, 1.54) is 31.1 Å². The number of aliphatic hydroxyl groups excluding tert-OH is 3. The topological polar surface area (TPSA) is 260 Å². The number of nitrogens with one attached hydrogen (secondary N) is 2. The zero-order valence-corrected chi connectivity index (χ0v) is 24.8. The van der Waals surface area contributed by atoms with E-state index in [4.69, 9.17) is 10.8 Å². The minimum atomic E-state index is -3.04. The molecule has 0 radical (unpaired) electrons. The molecular weight excluding hydrogens is 592 g/mol. The summed E-state index contributed by atoms with van der Waals surface area (Å²) in [7, 11) is 2.84. The summed E-state index contributed by atoms with van der Waals surface area (Å²) in [5.74, 6) is -12.0. The van der Waals surface area contributed by atoms with Gasteiger partial charge in [0.25, 0.3) is 5.91 Å². The van der Waals surface area contributed by atoms with E-state index in [2.05, 4.69) is 10.6 Å². The predicted molar refractivity (Wildman–Crippen MR) is 156 cm³/mol. The lowest BCUT2D eigenvalue weighted by atomic mass is 9.54. The first kappa shape index (κ1) is 32.1. The first-order valence-electron chi connectivity index (χ1n) is 14.5. The lowest BCUT2D eigenvalue weighted by Crippen LogP contribution is -2.70. The third kappa shape index (κ3) is 4.95. The summed E-state index contributed by atoms with van der Waals surface area (Å²) < 4.78 is 0. The van der Waals surface area contributed by atoms with E-state index in [1.54, 1.807) is 6.92 Å². The molecule has 7 atom stereocenters. The molecule has 15 heteroatoms. The average Bonchev–Trinajstić information content (AvgIpc) is 3.78. The number of hydrogen-bond acceptors (Lipinski definition) is 12. The van der Waals surface area contributed by atoms with Crippen LogP contribution in [0.5, 0.6) is 5.75 Å². The predicted octanol–water partition coefficient (Wildman–Crippen LogP) is -0.580. The molecule has 242 valence electrons. The number of aliphatic carboxylic acids is 1. The van der Waals surface area contributed by atoms with Crippen molar-refractivity contribution >= 4 is 40.8 Å². The molecule has 15 nitrogen and oxygen atoms in total. The summed E-state index contributed by atoms with van der Waals surface area (Å²) in [4.78, 5) is 65.1. The molecule has 5 rings (SSSR count). The maximum atomic E-state index is 14.1. The number of nitrogens with two attached hydrogens (primary N) is 1. The zero-order valence-electron chi connectivity index (χ0n) is 24.8. The molecule has 2 fully saturated rings. The number of benzene rings is 1. The highest BCUT2D eigenvalue weighted by molar-refractivity contribution is 6.24. The fourth-order valence-electron chi connectivity index (χ4n) is 7.03. The normalized spacial score (nSPS) is 30.0. The van der Waals surface area contributed by atoms with Gasteiger partial charge in [-0.15, -0.1) is 0 Å². The van der Waals surface area contributed by atoms with E-state index in [-0.39, 0.29) is 35.7 Å². The van der Waals surface area contributed by atoms with Crippen LogP contribution in [0, 0.1) is 11.8 Å². The van der Waals surface area contributed by atoms with Gasteiger partial charge in [0.05, 0.1) is 35.4 Å². The maximum Gasteiger partial charge on any atom is 0.303 e. The third-order valence-corrected chi connectivity index (χ3v) is 9.36. The first-order valence-corrected chi connectivity index (χ1v) is 14.5. The van der Waals surface area contributed by atoms with Crippen molar-refractivity contribution in [1.29, 1.82) is 0 Å². The molecule has 0 bridgehead atoms. The summed E-state index contributed by atoms with van der Waals surface area (Å²) >= 11 is 0. The SMILES string of the molecule is CC1c2ccc(NC(=O)[C@H](CCC(=O)O)NC3CC3)c(O)c2C(O)=C2C(=O)C3(O)C(O)=C(C(N)=O)C(=O)C(N(C)C)C3C(O)C21. The van der Waals surface area contributed by atoms with Gasteiger partial charge in [-0.2, -0.15) is 0 Å². The number of carboxylic acids is 1. The molecule has 4 aliphatic rings. The lowest BCUT2D eigenvalue weighted by Gasteiger charge is -2.53. The minimum Gasteiger partial charge on any atom is -0.508 e. The Morgan fingerprint density at radius 1 is 1.13 bits per heavy atom. The molecule has 1 aromatic carbocycles. The number of Topliss-reactive ketones (excluding diaryl/α,β-unsaturated/α-hetero) is 2. The molecule has 10 N–H and O–H groups in total. The molecule has 2 saturated carbocycles. The Morgan fingerprint density at radius 3 is 2.33 bits per heavy atom. The van der Waals surface area contributed by atoms with E-state index in [0.29, 0.717) is 0 Å². The Kier molecular flexibility index (Phi) is 8.02. The lowest BCUT2D eigenvalue weighted by molar-refractivity contribution is -0.169. The second-order valence-corrected chi connectivity index (χ2v) is 12.4. The van der Waals surface area contributed by atoms with Gasteiger partial charge in [-0.3, -0.25) is 28.9 Å². The van der Waals surface area contributed by atoms with Gasteiger partial charge in [-0.25, -0.2) is 0 Å². The molecule has 0 heterocycles. The van der Waals surface area contributed by atoms with Gasteiger partial charge in [0, 0.05) is 24.0 Å². The summed E-state index contributed by atoms with van der Waals surface area (Å²) in [5.41, 5.74) is 0.550. The Bertz CT molecular complexity index is 1580. The van der Waals surface area contributed by atoms with Gasteiger partial charge >= 0.3 is 5.97 Å². The smallest absolute Gasteiger partial charge is 0.303 e. The number of phenols is 1. The summed E-state index contributed by atoms with van der Waals surface area (Å²) in [6, 6.07) is 0.528. The van der Waals surface area contributed by atoms with Crippen LogP contribution in [0.25, 0.3) is 5.76 Å². The Balaban J connectivity index is 1.60. The van der Waals surface area contributed by atoms with E-state index in [0.717, 1.165) is 12.8 Å². The number of rotatable bonds is 9. The summed E-state index contributed by atoms with van der Waals surface area (Å²) in [6.07, 6.45) is -0.393. The number of carbonyl (C=O) groups is 5. The number of primary amides is 1. The van der Waals surface area contributed by atoms with Gasteiger partial charge in [-0.05, 0) is 50.9 Å². The molecule has 0 aliphatic heterocycles. The summed E-state index contributed by atoms with van der Waals surface area (Å²) in [5, 5.41) is 72.0. The maximum absolute atomic E-state index is 14.1. The van der Waals surface area contributed by atoms with Crippen LogP contribution in [-0.4, -0.2) is 109 Å². The number of nitrogens with zero attached hydrogens (tertiary/aromatic N) is 1. The molecule has 4 aliphatic carbocycles. The number of ketones is 2. The number of carbonyl (C=O) groups excluding carboxylic acids is 4. The van der Waals surface area contributed by atoms with E-state index < -0.39 is 99.3 Å². The van der Waals surface area contributed by atoms with Crippen molar-refractivity contribution in [2.75, 3.05) is 19.4 Å². The highest BCUT2D eigenvalue weighted by atomic mass is 16.4. The molecule has 0 spiro atoms. The number of phenolic OH excluding ortho intramolecular Hbond substituents is 1. The standard InChI is InChI=1S/C30H36N4O11/c1-10-12-6-7-13(33-29(44)14(8-9-15(35)36)32-11-4-5-11)22(37)17(12)23(38)18-16(10)24(39)20-21(34(2)3)25(40)19(28(31)43)27(42)30(20,45)26(18)41/h6-7,10-11,14,16,20-21,24,32,37-39,42,45H,4-5,8-9H2,1-3H3,(H2,31,43)(H,33,44)(H,35,36)/t10?,14-,16?,20?,21?,24?,30?/m0/s1. The van der Waals surface area contributed by atoms with Gasteiger partial charge < -0.3 is 47.0 Å². The van der Waals surface area contributed by atoms with Crippen molar-refractivity contribution in [2.24, 2.45) is 17.6 Å². The number of aromatic hydroxyl groups is 1. The van der Waals surface area contributed by atoms with Crippen LogP contribution in [0.1, 0.15) is 49.7 Å². The minimum absolute atomic E-state index is 0.0235. The van der Waals surface area contributed by atoms with Crippen molar-refractivity contribution in [3.05, 3.63) is 40.2 Å². The van der Waals surface area contributed by atoms with Crippen LogP contribution in [0.15, 0.2) is 29.0 Å². The van der Waals surface area contributed by atoms with Crippen LogP contribution in [0.2, 0.25) is 0 Å². The number of amides is 2. The first-order chi connectivity index (χ1) is 21.0. The number of hydrogen-bond donors (Lipinski definition) is 9. The summed E-state index contributed by atoms with van der Waals surface area (Å²) in [6.45, 7) is 1.59. The van der Waals surface area contributed by atoms with Crippen molar-refractivity contribution in [2.45, 2.75) is 68.4 Å². The zero-order chi connectivity index (χ0) is 33.3. The number of fused-ring (bicyclic) bond motifs is 3. The molecule has 2 amide bonds. The van der Waals surface area contributed by atoms with Crippen LogP contribution < -0.4 is 16.4 Å². The third-order valence-electron chi connectivity index (χ3n) is 9.36. The highest BCUT2D eigenvalue weighted by Gasteiger charge is 2.68. The second kappa shape index (κ2) is 11.2. The number of aliphatic hydroxyl groups is 4. The Labute approximate surface area is 257 Å². The number of likely N-dealkylation sites (N-methyl/N-ethyl adjacent to an activating group) is 1. The number of anilines is 1. The van der Waals surface area contributed by atoms with Gasteiger partial charge in [0.15, 0.2) is 11.4 Å². The molecule has 0 aromatic heterocycles. The van der Waals surface area contributed by atoms with Gasteiger partial charge in [0.2, 0.25) is 11.7 Å². The largest absolute Gasteiger partial charge is 0.508 e. The molecule has 45 heavy (non-hydrogen) atoms. The molecule has 6 unspecified atom stereocenters. The van der Waals surface area contributed by atoms with Crippen molar-refractivity contribution in [3.63, 3.8) is 0 Å². The Hall–Kier alpha value is -4.31. The van der Waals surface area contributed by atoms with Crippen LogP contribution in [0.3, 0.4) is 0 Å². The van der Waals surface area contributed by atoms with Crippen molar-refractivity contribution < 1.29 is 54.6 Å². The van der Waals surface area contributed by atoms with Crippen LogP contribution >= 0.6 is 0 Å². The fraction of sp³-hybridized carbons (Fsp3) is 0.500. The second-order valence-electron chi connectivity index (χ2n) is 12.4. The van der Waals surface area contributed by atoms with E-state index in [1.807, 2.05) is 0 Å². The highest BCUT2D eigenvalue weighted by Crippen LogP contribution is 2.56.